The molecule has 1 N–H and O–H groups in total. The Balaban J connectivity index is 2.24. The van der Waals surface area contributed by atoms with E-state index in [-0.39, 0.29) is 0 Å². The fourth-order valence-electron chi connectivity index (χ4n) is 2.11. The second kappa shape index (κ2) is 4.45. The van der Waals surface area contributed by atoms with Crippen molar-refractivity contribution in [1.82, 2.24) is 5.32 Å². The van der Waals surface area contributed by atoms with Gasteiger partial charge in [-0.05, 0) is 50.4 Å². The van der Waals surface area contributed by atoms with Gasteiger partial charge in [0.05, 0.1) is 0 Å². The van der Waals surface area contributed by atoms with Crippen LogP contribution < -0.4 is 5.32 Å². The second-order valence-corrected chi connectivity index (χ2v) is 4.90. The topological polar surface area (TPSA) is 12.0 Å². The minimum atomic E-state index is 0.741. The number of hydrogen-bond donors (Lipinski definition) is 1. The molecule has 1 nitrogen and oxygen atoms in total. The number of benzene rings is 1. The molecular formula is C12H16BrN. The molecule has 1 aromatic rings. The summed E-state index contributed by atoms with van der Waals surface area (Å²) in [6.45, 7) is 4.48. The lowest BCUT2D eigenvalue weighted by atomic mass is 9.89. The van der Waals surface area contributed by atoms with Crippen LogP contribution in [0.2, 0.25) is 0 Å². The molecule has 1 aliphatic rings. The molecule has 0 aliphatic carbocycles. The van der Waals surface area contributed by atoms with E-state index in [0.717, 1.165) is 19.0 Å². The van der Waals surface area contributed by atoms with E-state index in [1.54, 1.807) is 0 Å². The van der Waals surface area contributed by atoms with Gasteiger partial charge in [0.15, 0.2) is 0 Å². The molecule has 0 spiro atoms. The molecule has 2 rings (SSSR count). The van der Waals surface area contributed by atoms with Crippen LogP contribution in [0.4, 0.5) is 0 Å². The molecule has 0 aromatic heterocycles. The average molecular weight is 254 g/mol. The molecule has 0 atom stereocenters. The normalized spacial score (nSPS) is 18.4. The molecule has 14 heavy (non-hydrogen) atoms. The van der Waals surface area contributed by atoms with Gasteiger partial charge in [-0.15, -0.1) is 0 Å². The highest BCUT2D eigenvalue weighted by molar-refractivity contribution is 9.10. The van der Waals surface area contributed by atoms with E-state index in [4.69, 9.17) is 0 Å². The fourth-order valence-corrected chi connectivity index (χ4v) is 2.68. The number of aryl methyl sites for hydroxylation is 1. The van der Waals surface area contributed by atoms with Crippen molar-refractivity contribution in [3.8, 4) is 0 Å². The van der Waals surface area contributed by atoms with Crippen molar-refractivity contribution < 1.29 is 0 Å². The summed E-state index contributed by atoms with van der Waals surface area (Å²) in [5.74, 6) is 0.741. The molecule has 0 radical (unpaired) electrons. The Morgan fingerprint density at radius 2 is 2.00 bits per heavy atom. The van der Waals surface area contributed by atoms with Gasteiger partial charge in [0.1, 0.15) is 0 Å². The summed E-state index contributed by atoms with van der Waals surface area (Å²) in [5, 5.41) is 3.40. The van der Waals surface area contributed by atoms with Crippen LogP contribution in [-0.2, 0) is 0 Å². The van der Waals surface area contributed by atoms with Crippen molar-refractivity contribution in [2.75, 3.05) is 13.1 Å². The quantitative estimate of drug-likeness (QED) is 0.811. The van der Waals surface area contributed by atoms with E-state index in [0.29, 0.717) is 0 Å². The smallest absolute Gasteiger partial charge is 0.0210 e. The highest BCUT2D eigenvalue weighted by atomic mass is 79.9. The highest BCUT2D eigenvalue weighted by Gasteiger charge is 2.17. The molecule has 1 aliphatic heterocycles. The van der Waals surface area contributed by atoms with Gasteiger partial charge in [0.25, 0.3) is 0 Å². The number of hydrogen-bond acceptors (Lipinski definition) is 1. The first-order chi connectivity index (χ1) is 6.77. The molecule has 0 amide bonds. The van der Waals surface area contributed by atoms with Crippen LogP contribution >= 0.6 is 15.9 Å². The van der Waals surface area contributed by atoms with Gasteiger partial charge >= 0.3 is 0 Å². The van der Waals surface area contributed by atoms with E-state index in [1.807, 2.05) is 0 Å². The molecule has 0 saturated carbocycles. The minimum absolute atomic E-state index is 0.741. The van der Waals surface area contributed by atoms with Crippen molar-refractivity contribution in [3.63, 3.8) is 0 Å². The third-order valence-corrected chi connectivity index (χ3v) is 3.65. The van der Waals surface area contributed by atoms with Crippen molar-refractivity contribution in [2.24, 2.45) is 0 Å². The molecule has 1 fully saturated rings. The van der Waals surface area contributed by atoms with Crippen LogP contribution in [-0.4, -0.2) is 13.1 Å². The van der Waals surface area contributed by atoms with Crippen LogP contribution in [0, 0.1) is 6.92 Å². The third kappa shape index (κ3) is 2.18. The lowest BCUT2D eigenvalue weighted by molar-refractivity contribution is 0.459. The van der Waals surface area contributed by atoms with Crippen molar-refractivity contribution in [1.29, 1.82) is 0 Å². The summed E-state index contributed by atoms with van der Waals surface area (Å²) in [6.07, 6.45) is 2.53. The van der Waals surface area contributed by atoms with Crippen LogP contribution in [0.15, 0.2) is 22.7 Å². The third-order valence-electron chi connectivity index (χ3n) is 2.93. The van der Waals surface area contributed by atoms with Crippen molar-refractivity contribution in [2.45, 2.75) is 25.7 Å². The standard InChI is InChI=1S/C12H16BrN/c1-9-2-3-12(13)11(8-9)10-4-6-14-7-5-10/h2-3,8,10,14H,4-7H2,1H3. The molecular weight excluding hydrogens is 238 g/mol. The van der Waals surface area contributed by atoms with Gasteiger partial charge in [-0.3, -0.25) is 0 Å². The van der Waals surface area contributed by atoms with Gasteiger partial charge in [0, 0.05) is 4.47 Å². The number of piperidine rings is 1. The maximum Gasteiger partial charge on any atom is 0.0210 e. The summed E-state index contributed by atoms with van der Waals surface area (Å²) in [4.78, 5) is 0. The second-order valence-electron chi connectivity index (χ2n) is 4.05. The first-order valence-corrected chi connectivity index (χ1v) is 6.03. The number of halogens is 1. The Hall–Kier alpha value is -0.340. The maximum absolute atomic E-state index is 3.65. The maximum atomic E-state index is 3.65. The zero-order valence-electron chi connectivity index (χ0n) is 8.52. The van der Waals surface area contributed by atoms with Gasteiger partial charge in [-0.1, -0.05) is 33.6 Å². The molecule has 0 bridgehead atoms. The predicted molar refractivity (Wildman–Crippen MR) is 63.7 cm³/mol. The summed E-state index contributed by atoms with van der Waals surface area (Å²) < 4.78 is 1.27. The largest absolute Gasteiger partial charge is 0.317 e. The van der Waals surface area contributed by atoms with E-state index in [1.165, 1.54) is 28.4 Å². The van der Waals surface area contributed by atoms with Crippen LogP contribution in [0.5, 0.6) is 0 Å². The van der Waals surface area contributed by atoms with Gasteiger partial charge in [0.2, 0.25) is 0 Å². The lowest BCUT2D eigenvalue weighted by Crippen LogP contribution is -2.26. The van der Waals surface area contributed by atoms with E-state index >= 15 is 0 Å². The SMILES string of the molecule is Cc1ccc(Br)c(C2CCNCC2)c1. The van der Waals surface area contributed by atoms with Gasteiger partial charge < -0.3 is 5.32 Å². The predicted octanol–water partition coefficient (Wildman–Crippen LogP) is 3.22. The van der Waals surface area contributed by atoms with Crippen molar-refractivity contribution in [3.05, 3.63) is 33.8 Å². The summed E-state index contributed by atoms with van der Waals surface area (Å²) in [6, 6.07) is 6.65. The fraction of sp³-hybridized carbons (Fsp3) is 0.500. The van der Waals surface area contributed by atoms with Gasteiger partial charge in [-0.25, -0.2) is 0 Å². The molecule has 1 heterocycles. The molecule has 2 heteroatoms. The molecule has 1 aromatic carbocycles. The molecule has 1 saturated heterocycles. The Bertz CT molecular complexity index is 316. The van der Waals surface area contributed by atoms with Crippen LogP contribution in [0.3, 0.4) is 0 Å². The summed E-state index contributed by atoms with van der Waals surface area (Å²) >= 11 is 3.65. The minimum Gasteiger partial charge on any atom is -0.317 e. The Morgan fingerprint density at radius 3 is 2.71 bits per heavy atom. The first kappa shape index (κ1) is 10.2. The average Bonchev–Trinajstić information content (AvgIpc) is 2.23. The van der Waals surface area contributed by atoms with Crippen molar-refractivity contribution >= 4 is 15.9 Å². The summed E-state index contributed by atoms with van der Waals surface area (Å²) in [5.41, 5.74) is 2.85. The lowest BCUT2D eigenvalue weighted by Gasteiger charge is -2.24. The van der Waals surface area contributed by atoms with Crippen LogP contribution in [0.1, 0.15) is 29.9 Å². The van der Waals surface area contributed by atoms with Gasteiger partial charge in [-0.2, -0.15) is 0 Å². The number of nitrogens with one attached hydrogen (secondary N) is 1. The Labute approximate surface area is 94.0 Å². The highest BCUT2D eigenvalue weighted by Crippen LogP contribution is 2.31. The van der Waals surface area contributed by atoms with E-state index in [2.05, 4.69) is 46.4 Å². The zero-order valence-corrected chi connectivity index (χ0v) is 10.1. The Kier molecular flexibility index (Phi) is 3.24. The van der Waals surface area contributed by atoms with E-state index in [9.17, 15) is 0 Å². The Morgan fingerprint density at radius 1 is 1.29 bits per heavy atom. The van der Waals surface area contributed by atoms with E-state index < -0.39 is 0 Å². The number of rotatable bonds is 1. The first-order valence-electron chi connectivity index (χ1n) is 5.24. The molecule has 76 valence electrons. The molecule has 0 unspecified atom stereocenters. The zero-order chi connectivity index (χ0) is 9.97. The van der Waals surface area contributed by atoms with Crippen LogP contribution in [0.25, 0.3) is 0 Å². The monoisotopic (exact) mass is 253 g/mol. The summed E-state index contributed by atoms with van der Waals surface area (Å²) in [7, 11) is 0.